The molecule has 24 heavy (non-hydrogen) atoms. The van der Waals surface area contributed by atoms with E-state index in [9.17, 15) is 5.11 Å². The first kappa shape index (κ1) is 17.8. The highest BCUT2D eigenvalue weighted by Crippen LogP contribution is 2.65. The molecule has 4 fully saturated rings. The molecule has 4 aliphatic rings. The fourth-order valence-electron chi connectivity index (χ4n) is 8.16. The number of hydrogen-bond donors (Lipinski definition) is 1. The summed E-state index contributed by atoms with van der Waals surface area (Å²) in [5, 5.41) is 11.7. The first-order valence-electron chi connectivity index (χ1n) is 10.6. The molecule has 0 heterocycles. The molecule has 0 bridgehead atoms. The van der Waals surface area contributed by atoms with Crippen LogP contribution in [0.25, 0.3) is 0 Å². The molecule has 4 saturated carbocycles. The number of fused-ring (bicyclic) bond motifs is 5. The molecule has 0 amide bonds. The Morgan fingerprint density at radius 3 is 2.46 bits per heavy atom. The molecular weight excluding hydrogens is 360 g/mol. The van der Waals surface area contributed by atoms with E-state index in [0.717, 1.165) is 54.3 Å². The molecule has 2 heteroatoms. The van der Waals surface area contributed by atoms with Gasteiger partial charge in [-0.05, 0) is 112 Å². The predicted octanol–water partition coefficient (Wildman–Crippen LogP) is 6.04. The molecule has 3 unspecified atom stereocenters. The van der Waals surface area contributed by atoms with E-state index in [4.69, 9.17) is 0 Å². The third kappa shape index (κ3) is 2.73. The van der Waals surface area contributed by atoms with Gasteiger partial charge in [0.25, 0.3) is 0 Å². The summed E-state index contributed by atoms with van der Waals surface area (Å²) in [5.74, 6) is 6.49. The van der Waals surface area contributed by atoms with Gasteiger partial charge in [-0.2, -0.15) is 0 Å². The molecule has 0 saturated heterocycles. The Labute approximate surface area is 157 Å². The summed E-state index contributed by atoms with van der Waals surface area (Å²) in [5.41, 5.74) is 0.238. The van der Waals surface area contributed by atoms with Crippen LogP contribution in [0.1, 0.15) is 78.6 Å². The molecule has 0 aromatic rings. The molecule has 0 spiro atoms. The van der Waals surface area contributed by atoms with Crippen molar-refractivity contribution in [2.75, 3.05) is 5.33 Å². The quantitative estimate of drug-likeness (QED) is 0.564. The lowest BCUT2D eigenvalue weighted by Crippen LogP contribution is -2.50. The van der Waals surface area contributed by atoms with Crippen LogP contribution in [-0.4, -0.2) is 16.0 Å². The normalized spacial score (nSPS) is 55.4. The number of rotatable bonds is 2. The number of alkyl halides is 1. The lowest BCUT2D eigenvalue weighted by Gasteiger charge is -2.57. The van der Waals surface area contributed by atoms with Crippen molar-refractivity contribution in [3.8, 4) is 0 Å². The van der Waals surface area contributed by atoms with Crippen molar-refractivity contribution >= 4 is 15.9 Å². The Bertz CT molecular complexity index is 475. The Morgan fingerprint density at radius 2 is 1.71 bits per heavy atom. The van der Waals surface area contributed by atoms with Gasteiger partial charge in [0.15, 0.2) is 0 Å². The van der Waals surface area contributed by atoms with Crippen LogP contribution >= 0.6 is 15.9 Å². The van der Waals surface area contributed by atoms with Crippen LogP contribution in [0.4, 0.5) is 0 Å². The van der Waals surface area contributed by atoms with Crippen LogP contribution in [0.15, 0.2) is 0 Å². The third-order valence-corrected chi connectivity index (χ3v) is 10.3. The number of halogens is 1. The summed E-state index contributed by atoms with van der Waals surface area (Å²) in [6, 6.07) is 0. The van der Waals surface area contributed by atoms with Crippen molar-refractivity contribution in [2.24, 2.45) is 46.8 Å². The average Bonchev–Trinajstić information content (AvgIpc) is 2.90. The van der Waals surface area contributed by atoms with E-state index in [-0.39, 0.29) is 5.60 Å². The molecule has 1 N–H and O–H groups in total. The molecule has 138 valence electrons. The van der Waals surface area contributed by atoms with Crippen molar-refractivity contribution in [3.05, 3.63) is 0 Å². The maximum absolute atomic E-state index is 10.5. The summed E-state index contributed by atoms with van der Waals surface area (Å²) in [7, 11) is 0. The van der Waals surface area contributed by atoms with E-state index in [1.807, 2.05) is 0 Å². The smallest absolute Gasteiger partial charge is 0.0622 e. The first-order chi connectivity index (χ1) is 11.4. The maximum Gasteiger partial charge on any atom is 0.0622 e. The second-order valence-electron chi connectivity index (χ2n) is 10.5. The van der Waals surface area contributed by atoms with Crippen LogP contribution in [0.3, 0.4) is 0 Å². The second-order valence-corrected chi connectivity index (χ2v) is 11.2. The van der Waals surface area contributed by atoms with Gasteiger partial charge in [0, 0.05) is 5.33 Å². The first-order valence-corrected chi connectivity index (χ1v) is 11.8. The topological polar surface area (TPSA) is 20.2 Å². The SMILES string of the molecule is CC(CBr)[C@H]1CC[C@H]2[C@@H]3CCC4C[C@](C)(O)CCC4[C@H]3CC[C@]12C. The Morgan fingerprint density at radius 1 is 0.958 bits per heavy atom. The van der Waals surface area contributed by atoms with Gasteiger partial charge in [-0.25, -0.2) is 0 Å². The van der Waals surface area contributed by atoms with Crippen LogP contribution in [0, 0.1) is 46.8 Å². The predicted molar refractivity (Wildman–Crippen MR) is 104 cm³/mol. The van der Waals surface area contributed by atoms with Gasteiger partial charge in [0.05, 0.1) is 5.60 Å². The van der Waals surface area contributed by atoms with E-state index < -0.39 is 0 Å². The minimum Gasteiger partial charge on any atom is -0.390 e. The van der Waals surface area contributed by atoms with Gasteiger partial charge in [-0.3, -0.25) is 0 Å². The maximum atomic E-state index is 10.5. The van der Waals surface area contributed by atoms with Crippen LogP contribution < -0.4 is 0 Å². The van der Waals surface area contributed by atoms with Crippen molar-refractivity contribution in [3.63, 3.8) is 0 Å². The zero-order valence-electron chi connectivity index (χ0n) is 15.9. The van der Waals surface area contributed by atoms with Crippen molar-refractivity contribution in [1.82, 2.24) is 0 Å². The van der Waals surface area contributed by atoms with E-state index >= 15 is 0 Å². The lowest BCUT2D eigenvalue weighted by atomic mass is 9.48. The number of hydrogen-bond acceptors (Lipinski definition) is 1. The molecule has 4 aliphatic carbocycles. The lowest BCUT2D eigenvalue weighted by molar-refractivity contribution is -0.102. The van der Waals surface area contributed by atoms with Gasteiger partial charge in [0.1, 0.15) is 0 Å². The van der Waals surface area contributed by atoms with Gasteiger partial charge in [0.2, 0.25) is 0 Å². The zero-order chi connectivity index (χ0) is 17.1. The van der Waals surface area contributed by atoms with Crippen molar-refractivity contribution in [2.45, 2.75) is 84.2 Å². The molecule has 1 nitrogen and oxygen atoms in total. The van der Waals surface area contributed by atoms with Gasteiger partial charge < -0.3 is 5.11 Å². The molecule has 4 rings (SSSR count). The molecule has 0 aromatic carbocycles. The van der Waals surface area contributed by atoms with E-state index in [1.54, 1.807) is 0 Å². The van der Waals surface area contributed by atoms with Crippen LogP contribution in [-0.2, 0) is 0 Å². The Balaban J connectivity index is 1.53. The Hall–Kier alpha value is 0.440. The molecule has 9 atom stereocenters. The Kier molecular flexibility index (Phi) is 4.65. The molecule has 0 aliphatic heterocycles. The minimum atomic E-state index is -0.374. The summed E-state index contributed by atoms with van der Waals surface area (Å²) >= 11 is 3.77. The van der Waals surface area contributed by atoms with Gasteiger partial charge >= 0.3 is 0 Å². The fourth-order valence-corrected chi connectivity index (χ4v) is 8.62. The van der Waals surface area contributed by atoms with E-state index in [1.165, 1.54) is 50.3 Å². The molecule has 0 aromatic heterocycles. The fraction of sp³-hybridized carbons (Fsp3) is 1.00. The van der Waals surface area contributed by atoms with Crippen molar-refractivity contribution in [1.29, 1.82) is 0 Å². The van der Waals surface area contributed by atoms with Crippen LogP contribution in [0.2, 0.25) is 0 Å². The average molecular weight is 397 g/mol. The van der Waals surface area contributed by atoms with Crippen molar-refractivity contribution < 1.29 is 5.11 Å². The third-order valence-electron chi connectivity index (χ3n) is 9.24. The highest BCUT2D eigenvalue weighted by molar-refractivity contribution is 9.09. The summed E-state index contributed by atoms with van der Waals surface area (Å²) < 4.78 is 0. The number of aliphatic hydroxyl groups is 1. The zero-order valence-corrected chi connectivity index (χ0v) is 17.5. The monoisotopic (exact) mass is 396 g/mol. The largest absolute Gasteiger partial charge is 0.390 e. The summed E-state index contributed by atoms with van der Waals surface area (Å²) in [6.07, 6.45) is 12.2. The molecule has 0 radical (unpaired) electrons. The van der Waals surface area contributed by atoms with E-state index in [2.05, 4.69) is 36.7 Å². The van der Waals surface area contributed by atoms with Crippen LogP contribution in [0.5, 0.6) is 0 Å². The van der Waals surface area contributed by atoms with Gasteiger partial charge in [-0.1, -0.05) is 29.8 Å². The molecular formula is C22H37BrO. The van der Waals surface area contributed by atoms with E-state index in [0.29, 0.717) is 5.41 Å². The summed E-state index contributed by atoms with van der Waals surface area (Å²) in [6.45, 7) is 7.21. The summed E-state index contributed by atoms with van der Waals surface area (Å²) in [4.78, 5) is 0. The van der Waals surface area contributed by atoms with Gasteiger partial charge in [-0.15, -0.1) is 0 Å². The standard InChI is InChI=1S/C22H37BrO/c1-14(13-23)19-6-7-20-18-5-4-15-12-21(2,24)10-8-16(15)17(18)9-11-22(19,20)3/h14-20,24H,4-13H2,1-3H3/t14?,15?,16?,17-,18-,19-,20+,21-,22-/m1/s1. The highest BCUT2D eigenvalue weighted by atomic mass is 79.9. The highest BCUT2D eigenvalue weighted by Gasteiger charge is 2.57. The second kappa shape index (κ2) is 6.25. The minimum absolute atomic E-state index is 0.374.